The number of aliphatic hydroxyl groups is 1. The standard InChI is InChI=1S/C24H33NO4/c1-4-11-18(2)24(19(3)21(26)14-9-6-10-15-22(25)27)29-23(28)17-16-20-12-7-5-8-13-20/h5-10,12-13,15-19,21,24,26H,4,11,14H2,1-3H3,(H2,25,27)/t18-,19+,21+,24-/m0/s1. The summed E-state index contributed by atoms with van der Waals surface area (Å²) in [5.74, 6) is -1.05. The highest BCUT2D eigenvalue weighted by Gasteiger charge is 2.30. The van der Waals surface area contributed by atoms with Gasteiger partial charge in [-0.3, -0.25) is 4.79 Å². The smallest absolute Gasteiger partial charge is 0.331 e. The Morgan fingerprint density at radius 3 is 2.45 bits per heavy atom. The van der Waals surface area contributed by atoms with E-state index in [1.807, 2.05) is 44.2 Å². The first kappa shape index (κ1) is 24.4. The summed E-state index contributed by atoms with van der Waals surface area (Å²) in [5.41, 5.74) is 5.95. The highest BCUT2D eigenvalue weighted by atomic mass is 16.5. The van der Waals surface area contributed by atoms with Crippen LogP contribution in [0, 0.1) is 11.8 Å². The first-order valence-corrected chi connectivity index (χ1v) is 10.1. The van der Waals surface area contributed by atoms with Crippen LogP contribution >= 0.6 is 0 Å². The molecule has 3 N–H and O–H groups in total. The van der Waals surface area contributed by atoms with E-state index >= 15 is 0 Å². The molecule has 1 aromatic carbocycles. The molecule has 0 spiro atoms. The molecular formula is C24H33NO4. The third-order valence-corrected chi connectivity index (χ3v) is 4.78. The van der Waals surface area contributed by atoms with Gasteiger partial charge in [0.05, 0.1) is 6.10 Å². The molecule has 0 unspecified atom stereocenters. The Labute approximate surface area is 174 Å². The Bertz CT molecular complexity index is 709. The number of hydrogen-bond acceptors (Lipinski definition) is 4. The molecule has 0 bridgehead atoms. The van der Waals surface area contributed by atoms with Gasteiger partial charge in [-0.1, -0.05) is 75.8 Å². The van der Waals surface area contributed by atoms with Crippen molar-refractivity contribution in [3.05, 3.63) is 66.3 Å². The van der Waals surface area contributed by atoms with Crippen molar-refractivity contribution in [2.24, 2.45) is 17.6 Å². The lowest BCUT2D eigenvalue weighted by atomic mass is 9.85. The van der Waals surface area contributed by atoms with Gasteiger partial charge in [0.2, 0.25) is 5.91 Å². The van der Waals surface area contributed by atoms with E-state index in [0.717, 1.165) is 18.4 Å². The molecule has 0 aromatic heterocycles. The fourth-order valence-electron chi connectivity index (χ4n) is 3.14. The quantitative estimate of drug-likeness (QED) is 0.315. The van der Waals surface area contributed by atoms with Crippen molar-refractivity contribution in [1.82, 2.24) is 0 Å². The van der Waals surface area contributed by atoms with Crippen molar-refractivity contribution < 1.29 is 19.4 Å². The normalized spacial score (nSPS) is 16.1. The minimum atomic E-state index is -0.677. The number of benzene rings is 1. The molecule has 0 aliphatic carbocycles. The molecule has 5 heteroatoms. The maximum absolute atomic E-state index is 12.4. The summed E-state index contributed by atoms with van der Waals surface area (Å²) in [6.45, 7) is 6.01. The Kier molecular flexibility index (Phi) is 11.4. The van der Waals surface area contributed by atoms with Crippen molar-refractivity contribution in [1.29, 1.82) is 0 Å². The van der Waals surface area contributed by atoms with Crippen molar-refractivity contribution in [3.63, 3.8) is 0 Å². The van der Waals surface area contributed by atoms with Crippen LogP contribution in [-0.2, 0) is 14.3 Å². The highest BCUT2D eigenvalue weighted by molar-refractivity contribution is 5.87. The lowest BCUT2D eigenvalue weighted by Gasteiger charge is -2.31. The number of allylic oxidation sites excluding steroid dienone is 2. The van der Waals surface area contributed by atoms with E-state index in [9.17, 15) is 14.7 Å². The molecule has 0 fully saturated rings. The number of nitrogens with two attached hydrogens (primary N) is 1. The SMILES string of the molecule is CCC[C@H](C)[C@H](OC(=O)C=Cc1ccccc1)[C@H](C)[C@H](O)CC=CC=CC(N)=O. The summed E-state index contributed by atoms with van der Waals surface area (Å²) in [6.07, 6.45) is 10.5. The number of carbonyl (C=O) groups is 2. The first-order chi connectivity index (χ1) is 13.8. The van der Waals surface area contributed by atoms with Crippen LogP contribution in [0.4, 0.5) is 0 Å². The van der Waals surface area contributed by atoms with E-state index in [1.165, 1.54) is 18.2 Å². The van der Waals surface area contributed by atoms with Crippen LogP contribution in [0.15, 0.2) is 60.7 Å². The number of aliphatic hydroxyl groups excluding tert-OH is 1. The predicted octanol–water partition coefficient (Wildman–Crippen LogP) is 4.03. The minimum absolute atomic E-state index is 0.123. The summed E-state index contributed by atoms with van der Waals surface area (Å²) in [6, 6.07) is 9.54. The lowest BCUT2D eigenvalue weighted by Crippen LogP contribution is -2.37. The van der Waals surface area contributed by atoms with Crippen molar-refractivity contribution in [2.75, 3.05) is 0 Å². The zero-order chi connectivity index (χ0) is 21.6. The first-order valence-electron chi connectivity index (χ1n) is 10.1. The van der Waals surface area contributed by atoms with Crippen LogP contribution in [0.3, 0.4) is 0 Å². The number of carbonyl (C=O) groups excluding carboxylic acids is 2. The Hall–Kier alpha value is -2.66. The van der Waals surface area contributed by atoms with Crippen molar-refractivity contribution >= 4 is 18.0 Å². The van der Waals surface area contributed by atoms with Gasteiger partial charge in [-0.15, -0.1) is 0 Å². The number of primary amides is 1. The molecule has 0 heterocycles. The van der Waals surface area contributed by atoms with Gasteiger partial charge in [-0.2, -0.15) is 0 Å². The zero-order valence-corrected chi connectivity index (χ0v) is 17.5. The molecule has 1 rings (SSSR count). The average molecular weight is 400 g/mol. The number of ether oxygens (including phenoxy) is 1. The molecule has 0 aliphatic heterocycles. The summed E-state index contributed by atoms with van der Waals surface area (Å²) < 4.78 is 5.74. The van der Waals surface area contributed by atoms with Crippen molar-refractivity contribution in [3.8, 4) is 0 Å². The van der Waals surface area contributed by atoms with E-state index in [4.69, 9.17) is 10.5 Å². The second-order valence-electron chi connectivity index (χ2n) is 7.26. The van der Waals surface area contributed by atoms with E-state index in [1.54, 1.807) is 18.2 Å². The largest absolute Gasteiger partial charge is 0.459 e. The Morgan fingerprint density at radius 2 is 1.83 bits per heavy atom. The van der Waals surface area contributed by atoms with Gasteiger partial charge in [0, 0.05) is 18.1 Å². The monoisotopic (exact) mass is 399 g/mol. The van der Waals surface area contributed by atoms with Crippen LogP contribution in [-0.4, -0.2) is 29.2 Å². The number of esters is 1. The fraction of sp³-hybridized carbons (Fsp3) is 0.417. The molecule has 29 heavy (non-hydrogen) atoms. The third-order valence-electron chi connectivity index (χ3n) is 4.78. The van der Waals surface area contributed by atoms with Crippen LogP contribution in [0.5, 0.6) is 0 Å². The van der Waals surface area contributed by atoms with Crippen LogP contribution in [0.2, 0.25) is 0 Å². The van der Waals surface area contributed by atoms with Gasteiger partial charge in [-0.05, 0) is 30.4 Å². The van der Waals surface area contributed by atoms with Crippen LogP contribution in [0.25, 0.3) is 6.08 Å². The molecule has 1 aromatic rings. The summed E-state index contributed by atoms with van der Waals surface area (Å²) in [4.78, 5) is 23.0. The molecule has 1 amide bonds. The molecule has 5 nitrogen and oxygen atoms in total. The second-order valence-corrected chi connectivity index (χ2v) is 7.26. The summed E-state index contributed by atoms with van der Waals surface area (Å²) in [7, 11) is 0. The van der Waals surface area contributed by atoms with Gasteiger partial charge < -0.3 is 15.6 Å². The van der Waals surface area contributed by atoms with Gasteiger partial charge in [-0.25, -0.2) is 4.79 Å². The van der Waals surface area contributed by atoms with E-state index < -0.39 is 24.1 Å². The molecule has 0 saturated carbocycles. The lowest BCUT2D eigenvalue weighted by molar-refractivity contribution is -0.151. The molecule has 158 valence electrons. The van der Waals surface area contributed by atoms with Gasteiger partial charge >= 0.3 is 5.97 Å². The topological polar surface area (TPSA) is 89.6 Å². The Morgan fingerprint density at radius 1 is 1.14 bits per heavy atom. The average Bonchev–Trinajstić information content (AvgIpc) is 2.70. The van der Waals surface area contributed by atoms with Gasteiger partial charge in [0.25, 0.3) is 0 Å². The van der Waals surface area contributed by atoms with E-state index in [0.29, 0.717) is 6.42 Å². The Balaban J connectivity index is 2.75. The summed E-state index contributed by atoms with van der Waals surface area (Å²) >= 11 is 0. The molecular weight excluding hydrogens is 366 g/mol. The molecule has 0 radical (unpaired) electrons. The minimum Gasteiger partial charge on any atom is -0.459 e. The maximum atomic E-state index is 12.4. The molecule has 0 saturated heterocycles. The van der Waals surface area contributed by atoms with Gasteiger partial charge in [0.1, 0.15) is 6.10 Å². The third kappa shape index (κ3) is 9.90. The van der Waals surface area contributed by atoms with Crippen LogP contribution in [0.1, 0.15) is 45.6 Å². The molecule has 4 atom stereocenters. The predicted molar refractivity (Wildman–Crippen MR) is 117 cm³/mol. The zero-order valence-electron chi connectivity index (χ0n) is 17.5. The fourth-order valence-corrected chi connectivity index (χ4v) is 3.14. The van der Waals surface area contributed by atoms with Gasteiger partial charge in [0.15, 0.2) is 0 Å². The molecule has 0 aliphatic rings. The van der Waals surface area contributed by atoms with Crippen molar-refractivity contribution in [2.45, 2.75) is 52.2 Å². The van der Waals surface area contributed by atoms with E-state index in [2.05, 4.69) is 6.92 Å². The maximum Gasteiger partial charge on any atom is 0.331 e. The second kappa shape index (κ2) is 13.5. The summed E-state index contributed by atoms with van der Waals surface area (Å²) in [5, 5.41) is 10.6. The van der Waals surface area contributed by atoms with Crippen LogP contribution < -0.4 is 5.73 Å². The van der Waals surface area contributed by atoms with E-state index in [-0.39, 0.29) is 11.8 Å². The highest BCUT2D eigenvalue weighted by Crippen LogP contribution is 2.25. The number of rotatable bonds is 12. The number of hydrogen-bond donors (Lipinski definition) is 2. The number of amides is 1.